The molecule has 2 heteroatoms. The number of hydrogen-bond donors (Lipinski definition) is 1. The van der Waals surface area contributed by atoms with Crippen molar-refractivity contribution in [2.24, 2.45) is 0 Å². The van der Waals surface area contributed by atoms with E-state index in [2.05, 4.69) is 50.4 Å². The summed E-state index contributed by atoms with van der Waals surface area (Å²) >= 11 is 0. The molecule has 1 aromatic carbocycles. The molecule has 16 heavy (non-hydrogen) atoms. The van der Waals surface area contributed by atoms with Crippen LogP contribution in [0.4, 0.5) is 0 Å². The molecule has 0 radical (unpaired) electrons. The molecule has 1 aromatic rings. The lowest BCUT2D eigenvalue weighted by Crippen LogP contribution is -2.45. The number of benzene rings is 1. The van der Waals surface area contributed by atoms with Crippen LogP contribution < -0.4 is 5.32 Å². The highest BCUT2D eigenvalue weighted by molar-refractivity contribution is 5.19. The van der Waals surface area contributed by atoms with E-state index in [4.69, 9.17) is 4.74 Å². The minimum atomic E-state index is 0.169. The molecule has 0 bridgehead atoms. The summed E-state index contributed by atoms with van der Waals surface area (Å²) in [5.41, 5.74) is 1.43. The Labute approximate surface area is 98.0 Å². The zero-order chi connectivity index (χ0) is 11.6. The first-order chi connectivity index (χ1) is 7.58. The average Bonchev–Trinajstić information content (AvgIpc) is 2.37. The molecule has 88 valence electrons. The third-order valence-electron chi connectivity index (χ3n) is 3.23. The Morgan fingerprint density at radius 1 is 1.25 bits per heavy atom. The molecule has 1 N–H and O–H groups in total. The van der Waals surface area contributed by atoms with Gasteiger partial charge in [-0.3, -0.25) is 0 Å². The molecule has 0 spiro atoms. The van der Waals surface area contributed by atoms with Gasteiger partial charge >= 0.3 is 0 Å². The highest BCUT2D eigenvalue weighted by atomic mass is 16.5. The van der Waals surface area contributed by atoms with Gasteiger partial charge in [-0.05, 0) is 32.8 Å². The lowest BCUT2D eigenvalue weighted by atomic mass is 9.98. The molecule has 2 unspecified atom stereocenters. The van der Waals surface area contributed by atoms with Crippen LogP contribution in [0.3, 0.4) is 0 Å². The van der Waals surface area contributed by atoms with Crippen molar-refractivity contribution < 1.29 is 4.74 Å². The van der Waals surface area contributed by atoms with E-state index in [1.807, 2.05) is 6.07 Å². The van der Waals surface area contributed by atoms with Crippen molar-refractivity contribution in [3.05, 3.63) is 35.9 Å². The molecule has 2 nitrogen and oxygen atoms in total. The van der Waals surface area contributed by atoms with Crippen LogP contribution in [-0.2, 0) is 4.74 Å². The van der Waals surface area contributed by atoms with Crippen molar-refractivity contribution >= 4 is 0 Å². The van der Waals surface area contributed by atoms with Gasteiger partial charge < -0.3 is 10.1 Å². The van der Waals surface area contributed by atoms with Crippen molar-refractivity contribution in [1.82, 2.24) is 5.32 Å². The summed E-state index contributed by atoms with van der Waals surface area (Å²) in [5.74, 6) is 0. The van der Waals surface area contributed by atoms with E-state index in [1.54, 1.807) is 0 Å². The molecule has 1 aliphatic rings. The van der Waals surface area contributed by atoms with Crippen molar-refractivity contribution in [2.45, 2.75) is 44.9 Å². The van der Waals surface area contributed by atoms with Gasteiger partial charge in [-0.25, -0.2) is 0 Å². The first-order valence-corrected chi connectivity index (χ1v) is 6.03. The molecule has 1 saturated heterocycles. The number of hydrogen-bond acceptors (Lipinski definition) is 2. The Hall–Kier alpha value is -0.860. The zero-order valence-corrected chi connectivity index (χ0v) is 10.4. The molecular weight excluding hydrogens is 198 g/mol. The standard InChI is InChI=1S/C14H21NO/c1-11-13(12-7-5-4-6-8-12)16-10-9-14(2,3)15-11/h4-8,11,13,15H,9-10H2,1-3H3. The second kappa shape index (κ2) is 4.56. The van der Waals surface area contributed by atoms with Crippen molar-refractivity contribution in [1.29, 1.82) is 0 Å². The first-order valence-electron chi connectivity index (χ1n) is 6.03. The predicted octanol–water partition coefficient (Wildman–Crippen LogP) is 2.90. The molecule has 1 fully saturated rings. The summed E-state index contributed by atoms with van der Waals surface area (Å²) in [4.78, 5) is 0. The first kappa shape index (κ1) is 11.6. The van der Waals surface area contributed by atoms with Gasteiger partial charge in [-0.2, -0.15) is 0 Å². The fourth-order valence-corrected chi connectivity index (χ4v) is 2.38. The Bertz CT molecular complexity index is 334. The second-order valence-corrected chi connectivity index (χ2v) is 5.27. The Balaban J connectivity index is 2.17. The largest absolute Gasteiger partial charge is 0.372 e. The Morgan fingerprint density at radius 3 is 2.62 bits per heavy atom. The van der Waals surface area contributed by atoms with E-state index in [0.29, 0.717) is 6.04 Å². The minimum absolute atomic E-state index is 0.169. The summed E-state index contributed by atoms with van der Waals surface area (Å²) in [7, 11) is 0. The lowest BCUT2D eigenvalue weighted by molar-refractivity contribution is 0.0460. The fraction of sp³-hybridized carbons (Fsp3) is 0.571. The van der Waals surface area contributed by atoms with E-state index >= 15 is 0 Å². The Morgan fingerprint density at radius 2 is 1.94 bits per heavy atom. The SMILES string of the molecule is CC1NC(C)(C)CCOC1c1ccccc1. The van der Waals surface area contributed by atoms with Crippen LogP contribution in [0.25, 0.3) is 0 Å². The number of nitrogens with one attached hydrogen (secondary N) is 1. The monoisotopic (exact) mass is 219 g/mol. The van der Waals surface area contributed by atoms with Gasteiger partial charge in [0.1, 0.15) is 0 Å². The highest BCUT2D eigenvalue weighted by Gasteiger charge is 2.30. The third-order valence-corrected chi connectivity index (χ3v) is 3.23. The van der Waals surface area contributed by atoms with E-state index in [0.717, 1.165) is 13.0 Å². The van der Waals surface area contributed by atoms with E-state index in [9.17, 15) is 0 Å². The summed E-state index contributed by atoms with van der Waals surface area (Å²) in [6, 6.07) is 10.8. The summed E-state index contributed by atoms with van der Waals surface area (Å²) in [6.45, 7) is 7.50. The maximum Gasteiger partial charge on any atom is 0.0975 e. The van der Waals surface area contributed by atoms with Crippen LogP contribution in [0.15, 0.2) is 30.3 Å². The van der Waals surface area contributed by atoms with Gasteiger partial charge in [0.2, 0.25) is 0 Å². The lowest BCUT2D eigenvalue weighted by Gasteiger charge is -2.29. The topological polar surface area (TPSA) is 21.3 Å². The quantitative estimate of drug-likeness (QED) is 0.784. The molecule has 2 atom stereocenters. The normalized spacial score (nSPS) is 29.7. The minimum Gasteiger partial charge on any atom is -0.372 e. The molecule has 1 aliphatic heterocycles. The summed E-state index contributed by atoms with van der Waals surface area (Å²) in [5, 5.41) is 3.64. The fourth-order valence-electron chi connectivity index (χ4n) is 2.38. The van der Waals surface area contributed by atoms with Gasteiger partial charge in [0.15, 0.2) is 0 Å². The van der Waals surface area contributed by atoms with Crippen molar-refractivity contribution in [2.75, 3.05) is 6.61 Å². The molecular formula is C14H21NO. The summed E-state index contributed by atoms with van der Waals surface area (Å²) in [6.07, 6.45) is 1.23. The Kier molecular flexibility index (Phi) is 3.31. The highest BCUT2D eigenvalue weighted by Crippen LogP contribution is 2.27. The van der Waals surface area contributed by atoms with Gasteiger partial charge in [0, 0.05) is 18.2 Å². The van der Waals surface area contributed by atoms with Crippen LogP contribution in [0.1, 0.15) is 38.9 Å². The van der Waals surface area contributed by atoms with Crippen LogP contribution in [0, 0.1) is 0 Å². The predicted molar refractivity (Wildman–Crippen MR) is 66.4 cm³/mol. The van der Waals surface area contributed by atoms with Crippen LogP contribution >= 0.6 is 0 Å². The molecule has 2 rings (SSSR count). The van der Waals surface area contributed by atoms with Gasteiger partial charge in [-0.1, -0.05) is 30.3 Å². The number of ether oxygens (including phenoxy) is 1. The van der Waals surface area contributed by atoms with Crippen molar-refractivity contribution in [3.8, 4) is 0 Å². The van der Waals surface area contributed by atoms with Crippen LogP contribution in [0.5, 0.6) is 0 Å². The van der Waals surface area contributed by atoms with Crippen LogP contribution in [0.2, 0.25) is 0 Å². The van der Waals surface area contributed by atoms with E-state index in [-0.39, 0.29) is 11.6 Å². The molecule has 0 aromatic heterocycles. The van der Waals surface area contributed by atoms with Gasteiger partial charge in [0.25, 0.3) is 0 Å². The summed E-state index contributed by atoms with van der Waals surface area (Å²) < 4.78 is 5.97. The molecule has 0 aliphatic carbocycles. The number of rotatable bonds is 1. The maximum atomic E-state index is 5.97. The molecule has 0 amide bonds. The van der Waals surface area contributed by atoms with Crippen LogP contribution in [-0.4, -0.2) is 18.2 Å². The zero-order valence-electron chi connectivity index (χ0n) is 10.4. The van der Waals surface area contributed by atoms with Gasteiger partial charge in [0.05, 0.1) is 6.10 Å². The third kappa shape index (κ3) is 2.63. The van der Waals surface area contributed by atoms with Gasteiger partial charge in [-0.15, -0.1) is 0 Å². The van der Waals surface area contributed by atoms with Crippen molar-refractivity contribution in [3.63, 3.8) is 0 Å². The smallest absolute Gasteiger partial charge is 0.0975 e. The van der Waals surface area contributed by atoms with E-state index in [1.165, 1.54) is 5.56 Å². The molecule has 0 saturated carbocycles. The molecule has 1 heterocycles. The van der Waals surface area contributed by atoms with E-state index < -0.39 is 0 Å². The maximum absolute atomic E-state index is 5.97. The average molecular weight is 219 g/mol. The second-order valence-electron chi connectivity index (χ2n) is 5.27.